The van der Waals surface area contributed by atoms with Crippen LogP contribution in [0.5, 0.6) is 0 Å². The van der Waals surface area contributed by atoms with E-state index in [0.717, 1.165) is 44.1 Å². The Morgan fingerprint density at radius 2 is 2.15 bits per heavy atom. The summed E-state index contributed by atoms with van der Waals surface area (Å²) in [6, 6.07) is 0. The Bertz CT molecular complexity index is 175. The first-order valence-electron chi connectivity index (χ1n) is 5.30. The molecule has 0 fully saturated rings. The van der Waals surface area contributed by atoms with Crippen molar-refractivity contribution in [2.45, 2.75) is 57.7 Å². The molecule has 2 N–H and O–H groups in total. The molecule has 2 nitrogen and oxygen atoms in total. The van der Waals surface area contributed by atoms with Crippen molar-refractivity contribution < 1.29 is 10.2 Å². The molecule has 0 saturated heterocycles. The highest BCUT2D eigenvalue weighted by Crippen LogP contribution is 2.22. The Morgan fingerprint density at radius 3 is 2.85 bits per heavy atom. The van der Waals surface area contributed by atoms with Crippen LogP contribution in [0.15, 0.2) is 11.6 Å². The minimum atomic E-state index is -0.330. The maximum absolute atomic E-state index is 9.71. The van der Waals surface area contributed by atoms with Gasteiger partial charge in [-0.05, 0) is 37.7 Å². The van der Waals surface area contributed by atoms with E-state index in [0.29, 0.717) is 0 Å². The van der Waals surface area contributed by atoms with Crippen LogP contribution in [0.4, 0.5) is 0 Å². The van der Waals surface area contributed by atoms with Crippen molar-refractivity contribution in [3.05, 3.63) is 11.6 Å². The van der Waals surface area contributed by atoms with Crippen molar-refractivity contribution in [3.63, 3.8) is 0 Å². The first-order chi connectivity index (χ1) is 6.24. The molecule has 0 aromatic heterocycles. The van der Waals surface area contributed by atoms with Gasteiger partial charge in [0.25, 0.3) is 0 Å². The summed E-state index contributed by atoms with van der Waals surface area (Å²) in [4.78, 5) is 0. The largest absolute Gasteiger partial charge is 0.389 e. The van der Waals surface area contributed by atoms with Gasteiger partial charge >= 0.3 is 0 Å². The summed E-state index contributed by atoms with van der Waals surface area (Å²) in [5.41, 5.74) is 1.05. The lowest BCUT2D eigenvalue weighted by Crippen LogP contribution is -2.09. The van der Waals surface area contributed by atoms with E-state index in [1.807, 2.05) is 6.08 Å². The highest BCUT2D eigenvalue weighted by atomic mass is 16.3. The van der Waals surface area contributed by atoms with Crippen LogP contribution >= 0.6 is 0 Å². The molecule has 76 valence electrons. The molecule has 0 aromatic rings. The van der Waals surface area contributed by atoms with E-state index < -0.39 is 0 Å². The third-order valence-corrected chi connectivity index (χ3v) is 2.63. The predicted molar refractivity (Wildman–Crippen MR) is 53.5 cm³/mol. The van der Waals surface area contributed by atoms with Gasteiger partial charge in [-0.15, -0.1) is 0 Å². The minimum Gasteiger partial charge on any atom is -0.389 e. The fraction of sp³-hybridized carbons (Fsp3) is 0.818. The fourth-order valence-corrected chi connectivity index (χ4v) is 1.78. The van der Waals surface area contributed by atoms with Gasteiger partial charge in [-0.3, -0.25) is 0 Å². The molecule has 1 rings (SSSR count). The molecule has 1 aliphatic rings. The maximum atomic E-state index is 9.71. The summed E-state index contributed by atoms with van der Waals surface area (Å²) < 4.78 is 0. The first kappa shape index (κ1) is 10.7. The summed E-state index contributed by atoms with van der Waals surface area (Å²) in [5.74, 6) is 0. The SMILES string of the molecule is CCCCC1=C[C@@H](O)CCC[C@H]1O. The smallest absolute Gasteiger partial charge is 0.0751 e. The Labute approximate surface area is 80.3 Å². The number of aliphatic hydroxyl groups is 2. The van der Waals surface area contributed by atoms with E-state index in [2.05, 4.69) is 6.92 Å². The molecule has 2 atom stereocenters. The summed E-state index contributed by atoms with van der Waals surface area (Å²) in [7, 11) is 0. The summed E-state index contributed by atoms with van der Waals surface area (Å²) in [5, 5.41) is 19.2. The third kappa shape index (κ3) is 3.49. The van der Waals surface area contributed by atoms with Gasteiger partial charge in [-0.2, -0.15) is 0 Å². The zero-order chi connectivity index (χ0) is 9.68. The minimum absolute atomic E-state index is 0.302. The van der Waals surface area contributed by atoms with Crippen molar-refractivity contribution >= 4 is 0 Å². The summed E-state index contributed by atoms with van der Waals surface area (Å²) >= 11 is 0. The second-order valence-electron chi connectivity index (χ2n) is 3.86. The van der Waals surface area contributed by atoms with Crippen molar-refractivity contribution in [2.24, 2.45) is 0 Å². The lowest BCUT2D eigenvalue weighted by atomic mass is 10.0. The standard InChI is InChI=1S/C11H20O2/c1-2-3-5-9-8-10(12)6-4-7-11(9)13/h8,10-13H,2-7H2,1H3/t10-,11+/m0/s1. The van der Waals surface area contributed by atoms with Gasteiger partial charge < -0.3 is 10.2 Å². The molecule has 0 aliphatic heterocycles. The molecule has 13 heavy (non-hydrogen) atoms. The molecule has 0 heterocycles. The first-order valence-corrected chi connectivity index (χ1v) is 5.30. The van der Waals surface area contributed by atoms with Crippen LogP contribution in [0.1, 0.15) is 45.4 Å². The molecule has 2 heteroatoms. The molecule has 0 spiro atoms. The lowest BCUT2D eigenvalue weighted by molar-refractivity contribution is 0.189. The van der Waals surface area contributed by atoms with Gasteiger partial charge in [0.2, 0.25) is 0 Å². The van der Waals surface area contributed by atoms with Gasteiger partial charge in [-0.1, -0.05) is 19.4 Å². The molecule has 1 aliphatic carbocycles. The summed E-state index contributed by atoms with van der Waals surface area (Å²) in [6.07, 6.45) is 6.94. The van der Waals surface area contributed by atoms with Crippen LogP contribution < -0.4 is 0 Å². The molecular formula is C11H20O2. The van der Waals surface area contributed by atoms with E-state index in [-0.39, 0.29) is 12.2 Å². The number of unbranched alkanes of at least 4 members (excludes halogenated alkanes) is 1. The van der Waals surface area contributed by atoms with Crippen LogP contribution in [-0.4, -0.2) is 22.4 Å². The van der Waals surface area contributed by atoms with Crippen LogP contribution in [0, 0.1) is 0 Å². The Kier molecular flexibility index (Phi) is 4.46. The van der Waals surface area contributed by atoms with E-state index >= 15 is 0 Å². The molecule has 0 amide bonds. The van der Waals surface area contributed by atoms with Gasteiger partial charge in [0, 0.05) is 0 Å². The second-order valence-corrected chi connectivity index (χ2v) is 3.86. The molecule has 0 unspecified atom stereocenters. The number of aliphatic hydroxyl groups excluding tert-OH is 2. The topological polar surface area (TPSA) is 40.5 Å². The second kappa shape index (κ2) is 5.40. The molecule has 0 aromatic carbocycles. The lowest BCUT2D eigenvalue weighted by Gasteiger charge is -2.12. The van der Waals surface area contributed by atoms with Gasteiger partial charge in [0.05, 0.1) is 12.2 Å². The van der Waals surface area contributed by atoms with E-state index in [9.17, 15) is 10.2 Å². The number of rotatable bonds is 3. The van der Waals surface area contributed by atoms with Crippen molar-refractivity contribution in [2.75, 3.05) is 0 Å². The highest BCUT2D eigenvalue weighted by Gasteiger charge is 2.16. The molecule has 0 bridgehead atoms. The van der Waals surface area contributed by atoms with E-state index in [4.69, 9.17) is 0 Å². The normalized spacial score (nSPS) is 29.6. The zero-order valence-corrected chi connectivity index (χ0v) is 8.37. The van der Waals surface area contributed by atoms with Crippen molar-refractivity contribution in [1.29, 1.82) is 0 Å². The van der Waals surface area contributed by atoms with Gasteiger partial charge in [0.1, 0.15) is 0 Å². The average molecular weight is 184 g/mol. The van der Waals surface area contributed by atoms with Crippen LogP contribution in [0.2, 0.25) is 0 Å². The van der Waals surface area contributed by atoms with Gasteiger partial charge in [-0.25, -0.2) is 0 Å². The van der Waals surface area contributed by atoms with Crippen LogP contribution in [-0.2, 0) is 0 Å². The number of hydrogen-bond acceptors (Lipinski definition) is 2. The number of hydrogen-bond donors (Lipinski definition) is 2. The zero-order valence-electron chi connectivity index (χ0n) is 8.37. The van der Waals surface area contributed by atoms with Crippen molar-refractivity contribution in [1.82, 2.24) is 0 Å². The highest BCUT2D eigenvalue weighted by molar-refractivity contribution is 5.12. The monoisotopic (exact) mass is 184 g/mol. The van der Waals surface area contributed by atoms with Crippen LogP contribution in [0.3, 0.4) is 0 Å². The van der Waals surface area contributed by atoms with Crippen molar-refractivity contribution in [3.8, 4) is 0 Å². The predicted octanol–water partition coefficient (Wildman–Crippen LogP) is 2.01. The van der Waals surface area contributed by atoms with E-state index in [1.165, 1.54) is 0 Å². The fourth-order valence-electron chi connectivity index (χ4n) is 1.78. The third-order valence-electron chi connectivity index (χ3n) is 2.63. The molecular weight excluding hydrogens is 164 g/mol. The van der Waals surface area contributed by atoms with Crippen LogP contribution in [0.25, 0.3) is 0 Å². The Hall–Kier alpha value is -0.340. The Morgan fingerprint density at radius 1 is 1.38 bits per heavy atom. The molecule has 0 saturated carbocycles. The van der Waals surface area contributed by atoms with E-state index in [1.54, 1.807) is 0 Å². The average Bonchev–Trinajstić information content (AvgIpc) is 2.25. The van der Waals surface area contributed by atoms with Gasteiger partial charge in [0.15, 0.2) is 0 Å². The molecule has 0 radical (unpaired) electrons. The Balaban J connectivity index is 2.53. The summed E-state index contributed by atoms with van der Waals surface area (Å²) in [6.45, 7) is 2.14. The quantitative estimate of drug-likeness (QED) is 0.659. The maximum Gasteiger partial charge on any atom is 0.0751 e.